The van der Waals surface area contributed by atoms with E-state index in [0.29, 0.717) is 0 Å². The van der Waals surface area contributed by atoms with Crippen molar-refractivity contribution in [1.29, 1.82) is 0 Å². The summed E-state index contributed by atoms with van der Waals surface area (Å²) in [6.07, 6.45) is 0.854. The zero-order valence-corrected chi connectivity index (χ0v) is 8.75. The van der Waals surface area contributed by atoms with Gasteiger partial charge in [-0.1, -0.05) is 0 Å². The van der Waals surface area contributed by atoms with Gasteiger partial charge in [0.05, 0.1) is 0 Å². The molecule has 2 heterocycles. The number of furan rings is 1. The van der Waals surface area contributed by atoms with Crippen molar-refractivity contribution in [2.24, 2.45) is 5.92 Å². The van der Waals surface area contributed by atoms with E-state index in [-0.39, 0.29) is 23.2 Å². The summed E-state index contributed by atoms with van der Waals surface area (Å²) in [4.78, 5) is 22.3. The number of rotatable bonds is 3. The van der Waals surface area contributed by atoms with Crippen molar-refractivity contribution in [2.75, 3.05) is 11.5 Å². The van der Waals surface area contributed by atoms with Crippen LogP contribution in [-0.4, -0.2) is 28.4 Å². The van der Waals surface area contributed by atoms with E-state index < -0.39 is 5.97 Å². The highest BCUT2D eigenvalue weighted by atomic mass is 32.2. The average Bonchev–Trinajstić information content (AvgIpc) is 2.88. The maximum Gasteiger partial charge on any atom is 0.371 e. The molecule has 1 aliphatic rings. The van der Waals surface area contributed by atoms with Crippen LogP contribution in [0.3, 0.4) is 0 Å². The first-order valence-electron chi connectivity index (χ1n) is 4.63. The standard InChI is InChI=1S/C10H10O4S/c11-9(6-3-4-15-5-6)7-1-2-8(14-7)10(12)13/h1-2,6H,3-5H2,(H,12,13). The molecule has 1 saturated heterocycles. The Morgan fingerprint density at radius 3 is 2.67 bits per heavy atom. The molecule has 80 valence electrons. The predicted octanol–water partition coefficient (Wildman–Crippen LogP) is 1.91. The fourth-order valence-electron chi connectivity index (χ4n) is 1.53. The molecule has 1 unspecified atom stereocenters. The molecular weight excluding hydrogens is 216 g/mol. The van der Waals surface area contributed by atoms with E-state index in [0.717, 1.165) is 17.9 Å². The molecule has 1 fully saturated rings. The van der Waals surface area contributed by atoms with Crippen molar-refractivity contribution in [2.45, 2.75) is 6.42 Å². The Hall–Kier alpha value is -1.23. The van der Waals surface area contributed by atoms with Gasteiger partial charge in [-0.05, 0) is 24.3 Å². The molecule has 1 aromatic rings. The van der Waals surface area contributed by atoms with Gasteiger partial charge >= 0.3 is 5.97 Å². The monoisotopic (exact) mass is 226 g/mol. The summed E-state index contributed by atoms with van der Waals surface area (Å²) in [5.74, 6) is 0.555. The Balaban J connectivity index is 2.14. The van der Waals surface area contributed by atoms with E-state index >= 15 is 0 Å². The molecular formula is C10H10O4S. The zero-order chi connectivity index (χ0) is 10.8. The minimum Gasteiger partial charge on any atom is -0.475 e. The van der Waals surface area contributed by atoms with Crippen LogP contribution in [0.4, 0.5) is 0 Å². The largest absolute Gasteiger partial charge is 0.475 e. The maximum atomic E-state index is 11.8. The SMILES string of the molecule is O=C(O)c1ccc(C(=O)C2CCSC2)o1. The molecule has 5 heteroatoms. The Bertz CT molecular complexity index is 390. The molecule has 0 aromatic carbocycles. The number of aromatic carboxylic acids is 1. The van der Waals surface area contributed by atoms with E-state index in [2.05, 4.69) is 0 Å². The van der Waals surface area contributed by atoms with Crippen LogP contribution in [0, 0.1) is 5.92 Å². The number of hydrogen-bond acceptors (Lipinski definition) is 4. The zero-order valence-electron chi connectivity index (χ0n) is 7.93. The molecule has 4 nitrogen and oxygen atoms in total. The molecule has 1 atom stereocenters. The number of carbonyl (C=O) groups is 2. The summed E-state index contributed by atoms with van der Waals surface area (Å²) >= 11 is 1.74. The molecule has 0 amide bonds. The first-order chi connectivity index (χ1) is 7.18. The summed E-state index contributed by atoms with van der Waals surface area (Å²) < 4.78 is 4.96. The first-order valence-corrected chi connectivity index (χ1v) is 5.79. The topological polar surface area (TPSA) is 67.5 Å². The van der Waals surface area contributed by atoms with Crippen LogP contribution in [0.5, 0.6) is 0 Å². The Morgan fingerprint density at radius 2 is 2.13 bits per heavy atom. The van der Waals surface area contributed by atoms with Crippen LogP contribution >= 0.6 is 11.8 Å². The second-order valence-electron chi connectivity index (χ2n) is 3.39. The van der Waals surface area contributed by atoms with Gasteiger partial charge in [0.25, 0.3) is 0 Å². The number of thioether (sulfide) groups is 1. The summed E-state index contributed by atoms with van der Waals surface area (Å²) in [5, 5.41) is 8.64. The molecule has 0 bridgehead atoms. The van der Waals surface area contributed by atoms with Gasteiger partial charge < -0.3 is 9.52 Å². The second-order valence-corrected chi connectivity index (χ2v) is 4.54. The lowest BCUT2D eigenvalue weighted by Crippen LogP contribution is -2.12. The molecule has 2 rings (SSSR count). The molecule has 1 aromatic heterocycles. The smallest absolute Gasteiger partial charge is 0.371 e. The minimum atomic E-state index is -1.14. The van der Waals surface area contributed by atoms with E-state index in [9.17, 15) is 9.59 Å². The fraction of sp³-hybridized carbons (Fsp3) is 0.400. The Morgan fingerprint density at radius 1 is 1.40 bits per heavy atom. The summed E-state index contributed by atoms with van der Waals surface area (Å²) in [7, 11) is 0. The van der Waals surface area contributed by atoms with Gasteiger partial charge in [0.2, 0.25) is 11.5 Å². The summed E-state index contributed by atoms with van der Waals surface area (Å²) in [6, 6.07) is 2.76. The van der Waals surface area contributed by atoms with Crippen LogP contribution in [0.1, 0.15) is 27.5 Å². The number of Topliss-reactive ketones (excluding diaryl/α,β-unsaturated/α-hetero) is 1. The second kappa shape index (κ2) is 4.10. The van der Waals surface area contributed by atoms with Crippen LogP contribution in [-0.2, 0) is 0 Å². The highest BCUT2D eigenvalue weighted by Crippen LogP contribution is 2.27. The molecule has 0 saturated carbocycles. The number of hydrogen-bond donors (Lipinski definition) is 1. The van der Waals surface area contributed by atoms with Crippen molar-refractivity contribution in [3.05, 3.63) is 23.7 Å². The van der Waals surface area contributed by atoms with E-state index in [1.165, 1.54) is 12.1 Å². The van der Waals surface area contributed by atoms with Gasteiger partial charge in [0.1, 0.15) is 0 Å². The number of ketones is 1. The third-order valence-electron chi connectivity index (χ3n) is 2.36. The summed E-state index contributed by atoms with van der Waals surface area (Å²) in [6.45, 7) is 0. The van der Waals surface area contributed by atoms with Gasteiger partial charge in [-0.2, -0.15) is 11.8 Å². The van der Waals surface area contributed by atoms with Gasteiger partial charge in [0.15, 0.2) is 5.76 Å². The van der Waals surface area contributed by atoms with Gasteiger partial charge in [0, 0.05) is 11.7 Å². The molecule has 1 N–H and O–H groups in total. The normalized spacial score (nSPS) is 20.4. The lowest BCUT2D eigenvalue weighted by atomic mass is 10.0. The number of carbonyl (C=O) groups excluding carboxylic acids is 1. The van der Waals surface area contributed by atoms with Crippen LogP contribution in [0.2, 0.25) is 0 Å². The number of carboxylic acid groups (broad SMARTS) is 1. The predicted molar refractivity (Wildman–Crippen MR) is 55.4 cm³/mol. The van der Waals surface area contributed by atoms with Gasteiger partial charge in [-0.25, -0.2) is 4.79 Å². The molecule has 15 heavy (non-hydrogen) atoms. The highest BCUT2D eigenvalue weighted by Gasteiger charge is 2.27. The van der Waals surface area contributed by atoms with Crippen molar-refractivity contribution < 1.29 is 19.1 Å². The lowest BCUT2D eigenvalue weighted by Gasteiger charge is -2.02. The molecule has 1 aliphatic heterocycles. The van der Waals surface area contributed by atoms with Crippen molar-refractivity contribution in [3.63, 3.8) is 0 Å². The Kier molecular flexibility index (Phi) is 2.81. The van der Waals surface area contributed by atoms with E-state index in [1.807, 2.05) is 0 Å². The highest BCUT2D eigenvalue weighted by molar-refractivity contribution is 7.99. The maximum absolute atomic E-state index is 11.8. The van der Waals surface area contributed by atoms with Crippen molar-refractivity contribution >= 4 is 23.5 Å². The van der Waals surface area contributed by atoms with Crippen molar-refractivity contribution in [3.8, 4) is 0 Å². The Labute approximate surface area is 90.6 Å². The minimum absolute atomic E-state index is 0.0113. The number of carboxylic acids is 1. The summed E-state index contributed by atoms with van der Waals surface area (Å²) in [5.41, 5.74) is 0. The average molecular weight is 226 g/mol. The third-order valence-corrected chi connectivity index (χ3v) is 3.52. The quantitative estimate of drug-likeness (QED) is 0.797. The van der Waals surface area contributed by atoms with Crippen molar-refractivity contribution in [1.82, 2.24) is 0 Å². The van der Waals surface area contributed by atoms with E-state index in [4.69, 9.17) is 9.52 Å². The van der Waals surface area contributed by atoms with Crippen LogP contribution < -0.4 is 0 Å². The van der Waals surface area contributed by atoms with Gasteiger partial charge in [-0.3, -0.25) is 4.79 Å². The first kappa shape index (κ1) is 10.3. The molecule has 0 aliphatic carbocycles. The van der Waals surface area contributed by atoms with Gasteiger partial charge in [-0.15, -0.1) is 0 Å². The molecule has 0 spiro atoms. The fourth-order valence-corrected chi connectivity index (χ4v) is 2.75. The third kappa shape index (κ3) is 2.07. The van der Waals surface area contributed by atoms with E-state index in [1.54, 1.807) is 11.8 Å². The van der Waals surface area contributed by atoms with Crippen LogP contribution in [0.15, 0.2) is 16.5 Å². The molecule has 0 radical (unpaired) electrons. The lowest BCUT2D eigenvalue weighted by molar-refractivity contribution is 0.0659. The van der Waals surface area contributed by atoms with Crippen LogP contribution in [0.25, 0.3) is 0 Å².